The highest BCUT2D eigenvalue weighted by molar-refractivity contribution is 14.1. The van der Waals surface area contributed by atoms with E-state index < -0.39 is 10.0 Å². The van der Waals surface area contributed by atoms with Crippen LogP contribution >= 0.6 is 22.6 Å². The molecule has 5 nitrogen and oxygen atoms in total. The molecule has 1 aromatic carbocycles. The molecule has 7 heteroatoms. The summed E-state index contributed by atoms with van der Waals surface area (Å²) in [6.07, 6.45) is 1.70. The number of hydrogen-bond acceptors (Lipinski definition) is 4. The highest BCUT2D eigenvalue weighted by Gasteiger charge is 2.23. The van der Waals surface area contributed by atoms with Gasteiger partial charge in [0.05, 0.1) is 15.6 Å². The predicted molar refractivity (Wildman–Crippen MR) is 86.6 cm³/mol. The Morgan fingerprint density at radius 2 is 2.00 bits per heavy atom. The smallest absolute Gasteiger partial charge is 0.240 e. The molecule has 1 heterocycles. The van der Waals surface area contributed by atoms with Crippen molar-refractivity contribution in [2.24, 2.45) is 0 Å². The summed E-state index contributed by atoms with van der Waals surface area (Å²) in [6.45, 7) is 1.85. The van der Waals surface area contributed by atoms with E-state index in [1.54, 1.807) is 25.3 Å². The number of nitrogens with zero attached hydrogens (tertiary/aromatic N) is 1. The zero-order valence-corrected chi connectivity index (χ0v) is 14.6. The minimum absolute atomic E-state index is 0.0240. The van der Waals surface area contributed by atoms with Gasteiger partial charge in [0, 0.05) is 6.04 Å². The molecule has 0 aliphatic carbocycles. The van der Waals surface area contributed by atoms with Crippen LogP contribution in [0.4, 0.5) is 0 Å². The lowest BCUT2D eigenvalue weighted by molar-refractivity contribution is 0.248. The standard InChI is InChI=1S/C13H19IN2O3S/c1-16-7-5-10(6-8-16)15-20(17,18)11-3-4-13(19-2)12(14)9-11/h3-4,9-10,15H,5-8H2,1-2H3. The highest BCUT2D eigenvalue weighted by Crippen LogP contribution is 2.24. The van der Waals surface area contributed by atoms with Crippen LogP contribution in [0.2, 0.25) is 0 Å². The van der Waals surface area contributed by atoms with Gasteiger partial charge in [-0.1, -0.05) is 0 Å². The third kappa shape index (κ3) is 3.84. The Hall–Kier alpha value is -0.380. The molecule has 0 unspecified atom stereocenters. The molecule has 0 amide bonds. The molecule has 2 rings (SSSR count). The van der Waals surface area contributed by atoms with Gasteiger partial charge in [0.1, 0.15) is 5.75 Å². The highest BCUT2D eigenvalue weighted by atomic mass is 127. The number of likely N-dealkylation sites (tertiary alicyclic amines) is 1. The van der Waals surface area contributed by atoms with E-state index in [1.165, 1.54) is 0 Å². The first-order chi connectivity index (χ1) is 9.42. The zero-order valence-electron chi connectivity index (χ0n) is 11.6. The second-order valence-corrected chi connectivity index (χ2v) is 7.87. The quantitative estimate of drug-likeness (QED) is 0.768. The van der Waals surface area contributed by atoms with Crippen molar-refractivity contribution in [1.29, 1.82) is 0 Å². The van der Waals surface area contributed by atoms with Crippen molar-refractivity contribution in [2.45, 2.75) is 23.8 Å². The normalized spacial score (nSPS) is 18.1. The zero-order chi connectivity index (χ0) is 14.8. The van der Waals surface area contributed by atoms with Crippen LogP contribution in [0.25, 0.3) is 0 Å². The Morgan fingerprint density at radius 1 is 1.35 bits per heavy atom. The number of ether oxygens (including phenoxy) is 1. The summed E-state index contributed by atoms with van der Waals surface area (Å²) in [7, 11) is 0.170. The van der Waals surface area contributed by atoms with Gasteiger partial charge in [-0.15, -0.1) is 0 Å². The van der Waals surface area contributed by atoms with E-state index >= 15 is 0 Å². The van der Waals surface area contributed by atoms with Gasteiger partial charge in [-0.05, 0) is 73.8 Å². The van der Waals surface area contributed by atoms with Crippen LogP contribution in [0.3, 0.4) is 0 Å². The van der Waals surface area contributed by atoms with E-state index in [0.29, 0.717) is 10.6 Å². The fraction of sp³-hybridized carbons (Fsp3) is 0.538. The van der Waals surface area contributed by atoms with E-state index in [2.05, 4.69) is 39.3 Å². The average molecular weight is 410 g/mol. The summed E-state index contributed by atoms with van der Waals surface area (Å²) < 4.78 is 33.5. The SMILES string of the molecule is COc1ccc(S(=O)(=O)NC2CCN(C)CC2)cc1I. The maximum Gasteiger partial charge on any atom is 0.240 e. The van der Waals surface area contributed by atoms with Crippen LogP contribution in [0.1, 0.15) is 12.8 Å². The lowest BCUT2D eigenvalue weighted by Gasteiger charge is -2.29. The molecule has 0 radical (unpaired) electrons. The van der Waals surface area contributed by atoms with Gasteiger partial charge in [0.25, 0.3) is 0 Å². The molecule has 1 fully saturated rings. The molecule has 1 aliphatic heterocycles. The van der Waals surface area contributed by atoms with Crippen molar-refractivity contribution in [1.82, 2.24) is 9.62 Å². The Kier molecular flexibility index (Phi) is 5.27. The number of piperidine rings is 1. The molecule has 112 valence electrons. The van der Waals surface area contributed by atoms with Gasteiger partial charge in [-0.25, -0.2) is 13.1 Å². The molecule has 1 saturated heterocycles. The van der Waals surface area contributed by atoms with Crippen molar-refractivity contribution in [2.75, 3.05) is 27.2 Å². The van der Waals surface area contributed by atoms with Gasteiger partial charge < -0.3 is 9.64 Å². The van der Waals surface area contributed by atoms with Gasteiger partial charge in [0.2, 0.25) is 10.0 Å². The Balaban J connectivity index is 2.12. The number of sulfonamides is 1. The van der Waals surface area contributed by atoms with Crippen molar-refractivity contribution in [3.63, 3.8) is 0 Å². The summed E-state index contributed by atoms with van der Waals surface area (Å²) in [5.41, 5.74) is 0. The minimum atomic E-state index is -3.45. The second-order valence-electron chi connectivity index (χ2n) is 5.00. The number of hydrogen-bond donors (Lipinski definition) is 1. The second kappa shape index (κ2) is 6.59. The van der Waals surface area contributed by atoms with Gasteiger partial charge in [-0.2, -0.15) is 0 Å². The Labute approximate surface area is 133 Å². The minimum Gasteiger partial charge on any atom is -0.496 e. The van der Waals surface area contributed by atoms with E-state index in [4.69, 9.17) is 4.74 Å². The number of methoxy groups -OCH3 is 1. The number of halogens is 1. The van der Waals surface area contributed by atoms with Crippen LogP contribution in [0.5, 0.6) is 5.75 Å². The van der Waals surface area contributed by atoms with Gasteiger partial charge in [0.15, 0.2) is 0 Å². The number of rotatable bonds is 4. The Morgan fingerprint density at radius 3 is 2.55 bits per heavy atom. The molecular weight excluding hydrogens is 391 g/mol. The topological polar surface area (TPSA) is 58.6 Å². The first-order valence-electron chi connectivity index (χ1n) is 6.47. The molecule has 20 heavy (non-hydrogen) atoms. The van der Waals surface area contributed by atoms with Crippen molar-refractivity contribution < 1.29 is 13.2 Å². The van der Waals surface area contributed by atoms with Crippen molar-refractivity contribution >= 4 is 32.6 Å². The summed E-state index contributed by atoms with van der Waals surface area (Å²) in [4.78, 5) is 2.50. The van der Waals surface area contributed by atoms with Crippen LogP contribution in [-0.2, 0) is 10.0 Å². The average Bonchev–Trinajstić information content (AvgIpc) is 2.41. The van der Waals surface area contributed by atoms with E-state index in [1.807, 2.05) is 0 Å². The first kappa shape index (κ1) is 16.0. The number of nitrogens with one attached hydrogen (secondary N) is 1. The molecule has 0 aromatic heterocycles. The third-order valence-electron chi connectivity index (χ3n) is 3.47. The maximum absolute atomic E-state index is 12.4. The maximum atomic E-state index is 12.4. The summed E-state index contributed by atoms with van der Waals surface area (Å²) in [5, 5.41) is 0. The first-order valence-corrected chi connectivity index (χ1v) is 9.03. The Bertz CT molecular complexity index is 569. The van der Waals surface area contributed by atoms with Crippen LogP contribution < -0.4 is 9.46 Å². The largest absolute Gasteiger partial charge is 0.496 e. The van der Waals surface area contributed by atoms with Crippen LogP contribution in [0, 0.1) is 3.57 Å². The lowest BCUT2D eigenvalue weighted by atomic mass is 10.1. The molecule has 0 saturated carbocycles. The van der Waals surface area contributed by atoms with Gasteiger partial charge in [-0.3, -0.25) is 0 Å². The molecule has 1 aliphatic rings. The summed E-state index contributed by atoms with van der Waals surface area (Å²) in [6, 6.07) is 4.93. The van der Waals surface area contributed by atoms with E-state index in [-0.39, 0.29) is 6.04 Å². The van der Waals surface area contributed by atoms with Gasteiger partial charge >= 0.3 is 0 Å². The van der Waals surface area contributed by atoms with Crippen LogP contribution in [-0.4, -0.2) is 46.6 Å². The van der Waals surface area contributed by atoms with E-state index in [0.717, 1.165) is 29.5 Å². The fourth-order valence-electron chi connectivity index (χ4n) is 2.23. The van der Waals surface area contributed by atoms with Crippen molar-refractivity contribution in [3.8, 4) is 5.75 Å². The molecular formula is C13H19IN2O3S. The van der Waals surface area contributed by atoms with E-state index in [9.17, 15) is 8.42 Å². The predicted octanol–water partition coefficient (Wildman–Crippen LogP) is 1.67. The lowest BCUT2D eigenvalue weighted by Crippen LogP contribution is -2.43. The molecule has 0 atom stereocenters. The fourth-order valence-corrected chi connectivity index (χ4v) is 4.51. The van der Waals surface area contributed by atoms with Crippen LogP contribution in [0.15, 0.2) is 23.1 Å². The third-order valence-corrected chi connectivity index (χ3v) is 5.84. The molecule has 1 aromatic rings. The molecule has 1 N–H and O–H groups in total. The summed E-state index contributed by atoms with van der Waals surface area (Å²) in [5.74, 6) is 0.684. The monoisotopic (exact) mass is 410 g/mol. The molecule has 0 bridgehead atoms. The number of benzene rings is 1. The van der Waals surface area contributed by atoms with Crippen molar-refractivity contribution in [3.05, 3.63) is 21.8 Å². The molecule has 0 spiro atoms. The summed E-state index contributed by atoms with van der Waals surface area (Å²) >= 11 is 2.08.